The van der Waals surface area contributed by atoms with Gasteiger partial charge in [-0.25, -0.2) is 4.98 Å². The van der Waals surface area contributed by atoms with Crippen molar-refractivity contribution < 1.29 is 4.74 Å². The number of ether oxygens (including phenoxy) is 1. The average Bonchev–Trinajstić information content (AvgIpc) is 2.47. The minimum absolute atomic E-state index is 0.0566. The SMILES string of the molecule is COCCSc1nc2ccccc2c(=O)n1CCC(C)C. The minimum atomic E-state index is 0.0566. The van der Waals surface area contributed by atoms with E-state index < -0.39 is 0 Å². The van der Waals surface area contributed by atoms with Gasteiger partial charge in [-0.3, -0.25) is 9.36 Å². The second kappa shape index (κ2) is 7.61. The Hall–Kier alpha value is -1.33. The third kappa shape index (κ3) is 4.08. The van der Waals surface area contributed by atoms with Crippen molar-refractivity contribution in [2.24, 2.45) is 5.92 Å². The molecule has 0 aliphatic carbocycles. The van der Waals surface area contributed by atoms with Crippen molar-refractivity contribution >= 4 is 22.7 Å². The molecule has 0 amide bonds. The van der Waals surface area contributed by atoms with Gasteiger partial charge in [-0.2, -0.15) is 0 Å². The van der Waals surface area contributed by atoms with Crippen LogP contribution in [0.15, 0.2) is 34.2 Å². The number of hydrogen-bond donors (Lipinski definition) is 0. The molecule has 21 heavy (non-hydrogen) atoms. The summed E-state index contributed by atoms with van der Waals surface area (Å²) in [4.78, 5) is 17.3. The van der Waals surface area contributed by atoms with Gasteiger partial charge < -0.3 is 4.74 Å². The molecule has 2 aromatic rings. The molecule has 0 aliphatic heterocycles. The van der Waals surface area contributed by atoms with Crippen LogP contribution in [-0.2, 0) is 11.3 Å². The van der Waals surface area contributed by atoms with E-state index in [1.807, 2.05) is 28.8 Å². The Balaban J connectivity index is 2.41. The maximum atomic E-state index is 12.7. The Bertz CT molecular complexity index is 652. The monoisotopic (exact) mass is 306 g/mol. The second-order valence-corrected chi connectivity index (χ2v) is 6.45. The van der Waals surface area contributed by atoms with Crippen LogP contribution in [0.4, 0.5) is 0 Å². The third-order valence-electron chi connectivity index (χ3n) is 3.28. The van der Waals surface area contributed by atoms with Gasteiger partial charge in [0.25, 0.3) is 5.56 Å². The fraction of sp³-hybridized carbons (Fsp3) is 0.500. The first-order valence-corrected chi connectivity index (χ1v) is 8.23. The predicted octanol–water partition coefficient (Wildman–Crippen LogP) is 3.18. The highest BCUT2D eigenvalue weighted by atomic mass is 32.2. The Kier molecular flexibility index (Phi) is 5.82. The van der Waals surface area contributed by atoms with Gasteiger partial charge in [0.15, 0.2) is 5.16 Å². The van der Waals surface area contributed by atoms with Gasteiger partial charge in [0, 0.05) is 19.4 Å². The number of para-hydroxylation sites is 1. The molecule has 1 aromatic heterocycles. The van der Waals surface area contributed by atoms with Crippen LogP contribution in [0, 0.1) is 5.92 Å². The molecule has 114 valence electrons. The number of hydrogen-bond acceptors (Lipinski definition) is 4. The zero-order valence-corrected chi connectivity index (χ0v) is 13.7. The summed E-state index contributed by atoms with van der Waals surface area (Å²) in [6, 6.07) is 7.54. The molecule has 0 fully saturated rings. The molecule has 2 rings (SSSR count). The molecule has 5 heteroatoms. The number of methoxy groups -OCH3 is 1. The van der Waals surface area contributed by atoms with E-state index in [1.165, 1.54) is 0 Å². The summed E-state index contributed by atoms with van der Waals surface area (Å²) in [7, 11) is 1.68. The van der Waals surface area contributed by atoms with E-state index >= 15 is 0 Å². The normalized spacial score (nSPS) is 11.4. The highest BCUT2D eigenvalue weighted by molar-refractivity contribution is 7.99. The predicted molar refractivity (Wildman–Crippen MR) is 88.1 cm³/mol. The number of aromatic nitrogens is 2. The summed E-state index contributed by atoms with van der Waals surface area (Å²) in [5, 5.41) is 1.48. The van der Waals surface area contributed by atoms with E-state index in [4.69, 9.17) is 4.74 Å². The van der Waals surface area contributed by atoms with Gasteiger partial charge in [0.2, 0.25) is 0 Å². The van der Waals surface area contributed by atoms with Crippen molar-refractivity contribution in [1.82, 2.24) is 9.55 Å². The zero-order valence-electron chi connectivity index (χ0n) is 12.8. The van der Waals surface area contributed by atoms with Gasteiger partial charge >= 0.3 is 0 Å². The Morgan fingerprint density at radius 2 is 2.10 bits per heavy atom. The lowest BCUT2D eigenvalue weighted by Crippen LogP contribution is -2.24. The summed E-state index contributed by atoms with van der Waals surface area (Å²) in [5.41, 5.74) is 0.824. The fourth-order valence-electron chi connectivity index (χ4n) is 2.06. The van der Waals surface area contributed by atoms with Gasteiger partial charge in [0.05, 0.1) is 17.5 Å². The molecule has 0 spiro atoms. The Morgan fingerprint density at radius 1 is 1.33 bits per heavy atom. The first kappa shape index (κ1) is 16.0. The molecule has 0 atom stereocenters. The van der Waals surface area contributed by atoms with E-state index in [0.717, 1.165) is 22.8 Å². The van der Waals surface area contributed by atoms with Crippen molar-refractivity contribution in [3.05, 3.63) is 34.6 Å². The van der Waals surface area contributed by atoms with Crippen molar-refractivity contribution in [2.75, 3.05) is 19.5 Å². The number of thioether (sulfide) groups is 1. The molecule has 4 nitrogen and oxygen atoms in total. The maximum absolute atomic E-state index is 12.7. The first-order chi connectivity index (χ1) is 10.1. The van der Waals surface area contributed by atoms with Crippen LogP contribution in [0.1, 0.15) is 20.3 Å². The number of rotatable bonds is 7. The molecule has 1 aromatic carbocycles. The van der Waals surface area contributed by atoms with Gasteiger partial charge in [0.1, 0.15) is 0 Å². The average molecular weight is 306 g/mol. The zero-order chi connectivity index (χ0) is 15.2. The quantitative estimate of drug-likeness (QED) is 0.448. The molecule has 0 aliphatic rings. The summed E-state index contributed by atoms with van der Waals surface area (Å²) < 4.78 is 6.89. The van der Waals surface area contributed by atoms with Crippen LogP contribution in [0.5, 0.6) is 0 Å². The molecule has 0 bridgehead atoms. The molecule has 0 radical (unpaired) electrons. The number of benzene rings is 1. The van der Waals surface area contributed by atoms with Crippen LogP contribution in [0.2, 0.25) is 0 Å². The second-order valence-electron chi connectivity index (χ2n) is 5.39. The van der Waals surface area contributed by atoms with Gasteiger partial charge in [-0.05, 0) is 24.5 Å². The largest absolute Gasteiger partial charge is 0.384 e. The third-order valence-corrected chi connectivity index (χ3v) is 4.22. The van der Waals surface area contributed by atoms with E-state index in [0.29, 0.717) is 24.5 Å². The number of fused-ring (bicyclic) bond motifs is 1. The van der Waals surface area contributed by atoms with Crippen LogP contribution in [0.25, 0.3) is 10.9 Å². The summed E-state index contributed by atoms with van der Waals surface area (Å²) in [5.74, 6) is 1.35. The molecule has 0 saturated carbocycles. The van der Waals surface area contributed by atoms with E-state index in [1.54, 1.807) is 18.9 Å². The maximum Gasteiger partial charge on any atom is 0.262 e. The standard InChI is InChI=1S/C16H22N2O2S/c1-12(2)8-9-18-15(19)13-6-4-5-7-14(13)17-16(18)21-11-10-20-3/h4-7,12H,8-11H2,1-3H3. The lowest BCUT2D eigenvalue weighted by molar-refractivity contribution is 0.218. The van der Waals surface area contributed by atoms with Crippen LogP contribution < -0.4 is 5.56 Å². The molecule has 1 heterocycles. The number of nitrogens with zero attached hydrogens (tertiary/aromatic N) is 2. The molecule has 0 unspecified atom stereocenters. The first-order valence-electron chi connectivity index (χ1n) is 7.24. The van der Waals surface area contributed by atoms with Gasteiger partial charge in [-0.1, -0.05) is 37.7 Å². The van der Waals surface area contributed by atoms with Crippen LogP contribution >= 0.6 is 11.8 Å². The van der Waals surface area contributed by atoms with Crippen LogP contribution in [-0.4, -0.2) is 29.0 Å². The topological polar surface area (TPSA) is 44.1 Å². The van der Waals surface area contributed by atoms with Crippen LogP contribution in [0.3, 0.4) is 0 Å². The molecule has 0 N–H and O–H groups in total. The fourth-order valence-corrected chi connectivity index (χ4v) is 2.98. The molecular formula is C16H22N2O2S. The smallest absolute Gasteiger partial charge is 0.262 e. The molecule has 0 saturated heterocycles. The van der Waals surface area contributed by atoms with E-state index in [2.05, 4.69) is 18.8 Å². The minimum Gasteiger partial charge on any atom is -0.384 e. The Labute approximate surface area is 129 Å². The lowest BCUT2D eigenvalue weighted by atomic mass is 10.1. The highest BCUT2D eigenvalue weighted by Crippen LogP contribution is 2.18. The summed E-state index contributed by atoms with van der Waals surface area (Å²) in [6.45, 7) is 5.69. The summed E-state index contributed by atoms with van der Waals surface area (Å²) >= 11 is 1.58. The van der Waals surface area contributed by atoms with E-state index in [-0.39, 0.29) is 5.56 Å². The van der Waals surface area contributed by atoms with E-state index in [9.17, 15) is 4.79 Å². The Morgan fingerprint density at radius 3 is 2.81 bits per heavy atom. The highest BCUT2D eigenvalue weighted by Gasteiger charge is 2.11. The van der Waals surface area contributed by atoms with Crippen molar-refractivity contribution in [3.8, 4) is 0 Å². The van der Waals surface area contributed by atoms with Gasteiger partial charge in [-0.15, -0.1) is 0 Å². The van der Waals surface area contributed by atoms with Crippen molar-refractivity contribution in [1.29, 1.82) is 0 Å². The van der Waals surface area contributed by atoms with Crippen molar-refractivity contribution in [3.63, 3.8) is 0 Å². The summed E-state index contributed by atoms with van der Waals surface area (Å²) in [6.07, 6.45) is 0.970. The molecular weight excluding hydrogens is 284 g/mol. The van der Waals surface area contributed by atoms with Crippen molar-refractivity contribution in [2.45, 2.75) is 32.0 Å². The lowest BCUT2D eigenvalue weighted by Gasteiger charge is -2.14.